The fraction of sp³-hybridized carbons (Fsp3) is 0.321. The zero-order valence-electron chi connectivity index (χ0n) is 22.7. The van der Waals surface area contributed by atoms with Gasteiger partial charge in [0.25, 0.3) is 0 Å². The third-order valence-electron chi connectivity index (χ3n) is 5.78. The second kappa shape index (κ2) is 13.4. The van der Waals surface area contributed by atoms with Gasteiger partial charge in [-0.3, -0.25) is 4.79 Å². The lowest BCUT2D eigenvalue weighted by atomic mass is 10.1. The van der Waals surface area contributed by atoms with Crippen LogP contribution in [0.2, 0.25) is 0 Å². The van der Waals surface area contributed by atoms with Crippen LogP contribution in [0.1, 0.15) is 31.3 Å². The predicted molar refractivity (Wildman–Crippen MR) is 151 cm³/mol. The van der Waals surface area contributed by atoms with Crippen LogP contribution >= 0.6 is 0 Å². The van der Waals surface area contributed by atoms with Gasteiger partial charge in [0.15, 0.2) is 23.1 Å². The number of rotatable bonds is 9. The number of nitrogens with zero attached hydrogens (tertiary/aromatic N) is 3. The van der Waals surface area contributed by atoms with E-state index in [0.29, 0.717) is 67.2 Å². The molecule has 0 saturated carbocycles. The van der Waals surface area contributed by atoms with Crippen molar-refractivity contribution in [2.45, 2.75) is 20.8 Å². The number of amides is 3. The number of hydrogen-bond acceptors (Lipinski definition) is 9. The molecule has 40 heavy (non-hydrogen) atoms. The van der Waals surface area contributed by atoms with E-state index < -0.39 is 12.0 Å². The van der Waals surface area contributed by atoms with Crippen molar-refractivity contribution in [3.05, 3.63) is 54.2 Å². The number of morpholine rings is 1. The average molecular weight is 549 g/mol. The highest BCUT2D eigenvalue weighted by Gasteiger charge is 2.27. The molecule has 1 fully saturated rings. The van der Waals surface area contributed by atoms with E-state index in [0.717, 1.165) is 0 Å². The van der Waals surface area contributed by atoms with Gasteiger partial charge in [-0.15, -0.1) is 0 Å². The molecule has 210 valence electrons. The summed E-state index contributed by atoms with van der Waals surface area (Å²) in [6, 6.07) is 13.3. The highest BCUT2D eigenvalue weighted by molar-refractivity contribution is 6.00. The lowest BCUT2D eigenvalue weighted by Gasteiger charge is -2.29. The molecule has 0 radical (unpaired) electrons. The number of ether oxygens (including phenoxy) is 3. The van der Waals surface area contributed by atoms with Gasteiger partial charge >= 0.3 is 12.0 Å². The van der Waals surface area contributed by atoms with Crippen molar-refractivity contribution in [3.8, 4) is 17.1 Å². The fourth-order valence-corrected chi connectivity index (χ4v) is 4.01. The van der Waals surface area contributed by atoms with E-state index in [9.17, 15) is 14.4 Å². The highest BCUT2D eigenvalue weighted by Crippen LogP contribution is 2.33. The summed E-state index contributed by atoms with van der Waals surface area (Å²) in [4.78, 5) is 47.8. The van der Waals surface area contributed by atoms with E-state index in [1.165, 1.54) is 6.92 Å². The van der Waals surface area contributed by atoms with Crippen LogP contribution in [-0.2, 0) is 14.3 Å². The maximum atomic E-state index is 12.8. The summed E-state index contributed by atoms with van der Waals surface area (Å²) in [5.74, 6) is 0.343. The van der Waals surface area contributed by atoms with Crippen molar-refractivity contribution in [2.24, 2.45) is 0 Å². The minimum absolute atomic E-state index is 0.0568. The summed E-state index contributed by atoms with van der Waals surface area (Å²) in [6.45, 7) is 7.74. The van der Waals surface area contributed by atoms with Gasteiger partial charge < -0.3 is 35.1 Å². The smallest absolute Gasteiger partial charge is 0.361 e. The molecular weight excluding hydrogens is 516 g/mol. The molecule has 0 bridgehead atoms. The molecule has 0 atom stereocenters. The minimum Gasteiger partial charge on any atom is -0.488 e. The summed E-state index contributed by atoms with van der Waals surface area (Å²) in [5, 5.41) is 8.19. The Hall–Kier alpha value is -4.71. The number of benzene rings is 2. The Balaban J connectivity index is 1.54. The van der Waals surface area contributed by atoms with Gasteiger partial charge in [0.05, 0.1) is 26.4 Å². The summed E-state index contributed by atoms with van der Waals surface area (Å²) in [7, 11) is 0. The Morgan fingerprint density at radius 2 is 1.43 bits per heavy atom. The lowest BCUT2D eigenvalue weighted by Crippen LogP contribution is -2.37. The summed E-state index contributed by atoms with van der Waals surface area (Å²) in [6.07, 6.45) is 0. The number of urea groups is 1. The molecule has 2 aromatic carbocycles. The van der Waals surface area contributed by atoms with Crippen molar-refractivity contribution in [3.63, 3.8) is 0 Å². The number of carbonyl (C=O) groups excluding carboxylic acids is 3. The maximum Gasteiger partial charge on any atom is 0.361 e. The first kappa shape index (κ1) is 28.3. The van der Waals surface area contributed by atoms with Crippen LogP contribution in [0.25, 0.3) is 11.4 Å². The van der Waals surface area contributed by atoms with Crippen LogP contribution in [0.3, 0.4) is 0 Å². The fourth-order valence-electron chi connectivity index (χ4n) is 4.01. The van der Waals surface area contributed by atoms with Gasteiger partial charge in [0.2, 0.25) is 5.91 Å². The van der Waals surface area contributed by atoms with E-state index in [1.807, 2.05) is 11.8 Å². The number of carbonyl (C=O) groups is 3. The van der Waals surface area contributed by atoms with Crippen molar-refractivity contribution >= 4 is 40.8 Å². The second-order valence-electron chi connectivity index (χ2n) is 8.72. The summed E-state index contributed by atoms with van der Waals surface area (Å²) < 4.78 is 16.6. The van der Waals surface area contributed by atoms with Crippen molar-refractivity contribution in [2.75, 3.05) is 60.4 Å². The molecule has 3 aromatic rings. The van der Waals surface area contributed by atoms with Gasteiger partial charge in [-0.25, -0.2) is 19.6 Å². The third-order valence-corrected chi connectivity index (χ3v) is 5.78. The molecule has 3 amide bonds. The first-order valence-electron chi connectivity index (χ1n) is 13.0. The Morgan fingerprint density at radius 3 is 1.98 bits per heavy atom. The van der Waals surface area contributed by atoms with Crippen LogP contribution in [0.15, 0.2) is 48.5 Å². The average Bonchev–Trinajstić information content (AvgIpc) is 2.95. The molecule has 1 aliphatic heterocycles. The Morgan fingerprint density at radius 1 is 0.850 bits per heavy atom. The minimum atomic E-state index is -0.593. The molecule has 2 heterocycles. The predicted octanol–water partition coefficient (Wildman–Crippen LogP) is 4.16. The van der Waals surface area contributed by atoms with Gasteiger partial charge in [-0.1, -0.05) is 0 Å². The zero-order valence-corrected chi connectivity index (χ0v) is 22.7. The van der Waals surface area contributed by atoms with E-state index in [2.05, 4.69) is 20.9 Å². The molecule has 12 heteroatoms. The Labute approximate surface area is 232 Å². The van der Waals surface area contributed by atoms with E-state index in [4.69, 9.17) is 19.2 Å². The Bertz CT molecular complexity index is 1340. The van der Waals surface area contributed by atoms with Crippen LogP contribution in [-0.4, -0.2) is 67.4 Å². The van der Waals surface area contributed by atoms with E-state index in [-0.39, 0.29) is 24.0 Å². The maximum absolute atomic E-state index is 12.8. The van der Waals surface area contributed by atoms with Crippen LogP contribution in [0, 0.1) is 0 Å². The molecule has 12 nitrogen and oxygen atoms in total. The molecule has 3 N–H and O–H groups in total. The third kappa shape index (κ3) is 7.23. The van der Waals surface area contributed by atoms with Gasteiger partial charge in [0, 0.05) is 42.6 Å². The number of anilines is 4. The van der Waals surface area contributed by atoms with Crippen molar-refractivity contribution in [1.82, 2.24) is 9.97 Å². The van der Waals surface area contributed by atoms with Crippen LogP contribution in [0.5, 0.6) is 5.75 Å². The lowest BCUT2D eigenvalue weighted by molar-refractivity contribution is -0.114. The first-order valence-corrected chi connectivity index (χ1v) is 13.0. The monoisotopic (exact) mass is 548 g/mol. The molecular formula is C28H32N6O6. The van der Waals surface area contributed by atoms with Crippen molar-refractivity contribution < 1.29 is 28.6 Å². The molecule has 0 aliphatic carbocycles. The Kier molecular flexibility index (Phi) is 9.47. The van der Waals surface area contributed by atoms with Gasteiger partial charge in [-0.2, -0.15) is 0 Å². The molecule has 1 aliphatic rings. The SMILES string of the molecule is CCOC(=O)c1nc(-c2ccc(NC(=O)Nc3ccc(NC(C)=O)cc3)cc2)nc(N2CCOCC2)c1OCC. The largest absolute Gasteiger partial charge is 0.488 e. The molecule has 0 spiro atoms. The van der Waals surface area contributed by atoms with Crippen LogP contribution < -0.4 is 25.6 Å². The highest BCUT2D eigenvalue weighted by atomic mass is 16.5. The number of nitrogens with one attached hydrogen (secondary N) is 3. The first-order chi connectivity index (χ1) is 19.4. The normalized spacial score (nSPS) is 12.8. The standard InChI is InChI=1S/C28H32N6O6/c1-4-39-24-23(27(36)40-5-2)32-25(33-26(24)34-14-16-38-17-15-34)19-6-8-21(9-7-19)30-28(37)31-22-12-10-20(11-13-22)29-18(3)35/h6-13H,4-5,14-17H2,1-3H3,(H,29,35)(H2,30,31,37). The molecule has 1 saturated heterocycles. The summed E-state index contributed by atoms with van der Waals surface area (Å²) >= 11 is 0. The van der Waals surface area contributed by atoms with Gasteiger partial charge in [0.1, 0.15) is 0 Å². The van der Waals surface area contributed by atoms with Gasteiger partial charge in [-0.05, 0) is 62.4 Å². The van der Waals surface area contributed by atoms with Crippen LogP contribution in [0.4, 0.5) is 27.7 Å². The van der Waals surface area contributed by atoms with E-state index in [1.54, 1.807) is 55.5 Å². The quantitative estimate of drug-likeness (QED) is 0.336. The number of esters is 1. The summed E-state index contributed by atoms with van der Waals surface area (Å²) in [5.41, 5.74) is 2.44. The molecule has 0 unspecified atom stereocenters. The molecule has 1 aromatic heterocycles. The number of aromatic nitrogens is 2. The topological polar surface area (TPSA) is 144 Å². The number of hydrogen-bond donors (Lipinski definition) is 3. The van der Waals surface area contributed by atoms with Crippen molar-refractivity contribution in [1.29, 1.82) is 0 Å². The second-order valence-corrected chi connectivity index (χ2v) is 8.72. The molecule has 4 rings (SSSR count). The zero-order chi connectivity index (χ0) is 28.5. The van der Waals surface area contributed by atoms with E-state index >= 15 is 0 Å².